The minimum atomic E-state index is -3.77. The van der Waals surface area contributed by atoms with Crippen molar-refractivity contribution in [2.24, 2.45) is 5.14 Å². The Morgan fingerprint density at radius 3 is 2.50 bits per heavy atom. The van der Waals surface area contributed by atoms with E-state index in [4.69, 9.17) is 5.14 Å². The van der Waals surface area contributed by atoms with Gasteiger partial charge in [-0.25, -0.2) is 13.6 Å². The van der Waals surface area contributed by atoms with E-state index in [0.29, 0.717) is 11.3 Å². The normalized spacial score (nSPS) is 11.3. The SMILES string of the molecule is NS(=O)(=O)c1cccnc1-c1cccnc1. The molecule has 2 rings (SSSR count). The first kappa shape index (κ1) is 10.7. The molecule has 0 atom stereocenters. The maximum absolute atomic E-state index is 11.3. The zero-order chi connectivity index (χ0) is 11.6. The summed E-state index contributed by atoms with van der Waals surface area (Å²) in [6.45, 7) is 0. The van der Waals surface area contributed by atoms with Crippen LogP contribution in [-0.2, 0) is 10.0 Å². The first-order chi connectivity index (χ1) is 7.59. The van der Waals surface area contributed by atoms with E-state index < -0.39 is 10.0 Å². The molecule has 2 aromatic rings. The van der Waals surface area contributed by atoms with Gasteiger partial charge in [0.05, 0.1) is 5.69 Å². The van der Waals surface area contributed by atoms with Crippen molar-refractivity contribution >= 4 is 10.0 Å². The number of pyridine rings is 2. The quantitative estimate of drug-likeness (QED) is 0.833. The Bertz CT molecular complexity index is 596. The summed E-state index contributed by atoms with van der Waals surface area (Å²) in [5.74, 6) is 0. The molecule has 82 valence electrons. The van der Waals surface area contributed by atoms with Gasteiger partial charge in [-0.2, -0.15) is 0 Å². The number of hydrogen-bond acceptors (Lipinski definition) is 4. The summed E-state index contributed by atoms with van der Waals surface area (Å²) in [4.78, 5) is 7.93. The highest BCUT2D eigenvalue weighted by atomic mass is 32.2. The predicted molar refractivity (Wildman–Crippen MR) is 58.8 cm³/mol. The van der Waals surface area contributed by atoms with Crippen molar-refractivity contribution < 1.29 is 8.42 Å². The highest BCUT2D eigenvalue weighted by Crippen LogP contribution is 2.22. The Hall–Kier alpha value is -1.79. The number of rotatable bonds is 2. The molecule has 0 amide bonds. The molecule has 2 N–H and O–H groups in total. The lowest BCUT2D eigenvalue weighted by molar-refractivity contribution is 0.597. The van der Waals surface area contributed by atoms with E-state index >= 15 is 0 Å². The lowest BCUT2D eigenvalue weighted by atomic mass is 10.2. The van der Waals surface area contributed by atoms with E-state index in [1.54, 1.807) is 18.3 Å². The maximum atomic E-state index is 11.3. The second-order valence-corrected chi connectivity index (χ2v) is 4.67. The van der Waals surface area contributed by atoms with E-state index in [0.717, 1.165) is 0 Å². The molecule has 5 nitrogen and oxygen atoms in total. The lowest BCUT2D eigenvalue weighted by Crippen LogP contribution is -2.14. The highest BCUT2D eigenvalue weighted by molar-refractivity contribution is 7.89. The molecule has 0 saturated carbocycles. The fourth-order valence-electron chi connectivity index (χ4n) is 1.34. The average Bonchev–Trinajstić information content (AvgIpc) is 2.29. The van der Waals surface area contributed by atoms with Gasteiger partial charge in [0.1, 0.15) is 4.90 Å². The molecule has 6 heteroatoms. The number of hydrogen-bond donors (Lipinski definition) is 1. The summed E-state index contributed by atoms with van der Waals surface area (Å²) in [6.07, 6.45) is 4.65. The van der Waals surface area contributed by atoms with Gasteiger partial charge in [0, 0.05) is 24.2 Å². The topological polar surface area (TPSA) is 85.9 Å². The minimum Gasteiger partial charge on any atom is -0.264 e. The summed E-state index contributed by atoms with van der Waals surface area (Å²) in [6, 6.07) is 6.38. The molecule has 2 aromatic heterocycles. The molecule has 0 saturated heterocycles. The van der Waals surface area contributed by atoms with Crippen molar-refractivity contribution in [3.05, 3.63) is 42.9 Å². The maximum Gasteiger partial charge on any atom is 0.240 e. The summed E-state index contributed by atoms with van der Waals surface area (Å²) in [7, 11) is -3.77. The van der Waals surface area contributed by atoms with Crippen molar-refractivity contribution in [2.45, 2.75) is 4.90 Å². The van der Waals surface area contributed by atoms with Crippen LogP contribution in [0.5, 0.6) is 0 Å². The molecule has 0 unspecified atom stereocenters. The van der Waals surface area contributed by atoms with E-state index in [-0.39, 0.29) is 4.90 Å². The molecule has 0 aliphatic rings. The molecule has 0 aliphatic heterocycles. The van der Waals surface area contributed by atoms with Crippen molar-refractivity contribution in [1.29, 1.82) is 0 Å². The Balaban J connectivity index is 2.68. The van der Waals surface area contributed by atoms with Crippen LogP contribution >= 0.6 is 0 Å². The molecule has 0 bridgehead atoms. The van der Waals surface area contributed by atoms with Gasteiger partial charge in [0.15, 0.2) is 0 Å². The van der Waals surface area contributed by atoms with Gasteiger partial charge >= 0.3 is 0 Å². The average molecular weight is 235 g/mol. The zero-order valence-electron chi connectivity index (χ0n) is 8.24. The van der Waals surface area contributed by atoms with E-state index in [2.05, 4.69) is 9.97 Å². The standard InChI is InChI=1S/C10H9N3O2S/c11-16(14,15)9-4-2-6-13-10(9)8-3-1-5-12-7-8/h1-7H,(H2,11,14,15). The molecule has 0 spiro atoms. The van der Waals surface area contributed by atoms with Crippen molar-refractivity contribution in [2.75, 3.05) is 0 Å². The summed E-state index contributed by atoms with van der Waals surface area (Å²) in [5.41, 5.74) is 0.935. The largest absolute Gasteiger partial charge is 0.264 e. The molecular formula is C10H9N3O2S. The molecule has 0 radical (unpaired) electrons. The Kier molecular flexibility index (Phi) is 2.67. The van der Waals surface area contributed by atoms with E-state index in [9.17, 15) is 8.42 Å². The van der Waals surface area contributed by atoms with Crippen molar-refractivity contribution in [3.8, 4) is 11.3 Å². The third-order valence-electron chi connectivity index (χ3n) is 2.01. The second kappa shape index (κ2) is 3.99. The minimum absolute atomic E-state index is 0.00278. The Morgan fingerprint density at radius 2 is 1.88 bits per heavy atom. The van der Waals surface area contributed by atoms with Crippen LogP contribution in [0.15, 0.2) is 47.8 Å². The van der Waals surface area contributed by atoms with Crippen LogP contribution in [0, 0.1) is 0 Å². The van der Waals surface area contributed by atoms with Gasteiger partial charge < -0.3 is 0 Å². The van der Waals surface area contributed by atoms with E-state index in [1.807, 2.05) is 0 Å². The third-order valence-corrected chi connectivity index (χ3v) is 2.95. The number of sulfonamides is 1. The lowest BCUT2D eigenvalue weighted by Gasteiger charge is -2.05. The highest BCUT2D eigenvalue weighted by Gasteiger charge is 2.15. The third kappa shape index (κ3) is 2.07. The molecule has 0 fully saturated rings. The van der Waals surface area contributed by atoms with Crippen LogP contribution in [0.25, 0.3) is 11.3 Å². The number of nitrogens with zero attached hydrogens (tertiary/aromatic N) is 2. The smallest absolute Gasteiger partial charge is 0.240 e. The van der Waals surface area contributed by atoms with Crippen molar-refractivity contribution in [1.82, 2.24) is 9.97 Å². The van der Waals surface area contributed by atoms with Gasteiger partial charge in [-0.1, -0.05) is 0 Å². The van der Waals surface area contributed by atoms with Crippen LogP contribution in [0.2, 0.25) is 0 Å². The van der Waals surface area contributed by atoms with Gasteiger partial charge in [-0.3, -0.25) is 9.97 Å². The number of primary sulfonamides is 1. The predicted octanol–water partition coefficient (Wildman–Crippen LogP) is 0.791. The summed E-state index contributed by atoms with van der Waals surface area (Å²) in [5, 5.41) is 5.11. The van der Waals surface area contributed by atoms with E-state index in [1.165, 1.54) is 24.5 Å². The fourth-order valence-corrected chi connectivity index (χ4v) is 2.05. The van der Waals surface area contributed by atoms with Gasteiger partial charge in [-0.05, 0) is 24.3 Å². The zero-order valence-corrected chi connectivity index (χ0v) is 9.05. The Morgan fingerprint density at radius 1 is 1.12 bits per heavy atom. The second-order valence-electron chi connectivity index (χ2n) is 3.14. The first-order valence-corrected chi connectivity index (χ1v) is 6.02. The number of aromatic nitrogens is 2. The number of nitrogens with two attached hydrogens (primary N) is 1. The summed E-state index contributed by atoms with van der Waals surface area (Å²) < 4.78 is 22.7. The first-order valence-electron chi connectivity index (χ1n) is 4.47. The van der Waals surface area contributed by atoms with Crippen LogP contribution in [0.1, 0.15) is 0 Å². The molecule has 0 aliphatic carbocycles. The van der Waals surface area contributed by atoms with Crippen LogP contribution in [0.4, 0.5) is 0 Å². The van der Waals surface area contributed by atoms with Crippen LogP contribution < -0.4 is 5.14 Å². The monoisotopic (exact) mass is 235 g/mol. The van der Waals surface area contributed by atoms with Gasteiger partial charge in [-0.15, -0.1) is 0 Å². The van der Waals surface area contributed by atoms with Gasteiger partial charge in [0.2, 0.25) is 10.0 Å². The molecule has 2 heterocycles. The molecular weight excluding hydrogens is 226 g/mol. The van der Waals surface area contributed by atoms with Crippen LogP contribution in [0.3, 0.4) is 0 Å². The van der Waals surface area contributed by atoms with Crippen molar-refractivity contribution in [3.63, 3.8) is 0 Å². The Labute approximate surface area is 93.0 Å². The molecule has 0 aromatic carbocycles. The van der Waals surface area contributed by atoms with Gasteiger partial charge in [0.25, 0.3) is 0 Å². The molecule has 16 heavy (non-hydrogen) atoms. The fraction of sp³-hybridized carbons (Fsp3) is 0. The summed E-state index contributed by atoms with van der Waals surface area (Å²) >= 11 is 0. The van der Waals surface area contributed by atoms with Crippen LogP contribution in [-0.4, -0.2) is 18.4 Å².